The van der Waals surface area contributed by atoms with E-state index in [1.807, 2.05) is 10.8 Å². The first-order valence-electron chi connectivity index (χ1n) is 3.40. The lowest BCUT2D eigenvalue weighted by Crippen LogP contribution is -2.34. The van der Waals surface area contributed by atoms with E-state index in [1.54, 1.807) is 10.8 Å². The molecule has 1 atom stereocenters. The average molecular weight is 180 g/mol. The van der Waals surface area contributed by atoms with Crippen molar-refractivity contribution in [1.29, 1.82) is 0 Å². The molecule has 0 amide bonds. The zero-order valence-electron chi connectivity index (χ0n) is 6.59. The lowest BCUT2D eigenvalue weighted by Gasteiger charge is -2.09. The molecule has 0 aromatic heterocycles. The average Bonchev–Trinajstić information content (AvgIpc) is 1.98. The Morgan fingerprint density at radius 1 is 1.60 bits per heavy atom. The first kappa shape index (κ1) is 10.6. The van der Waals surface area contributed by atoms with Crippen molar-refractivity contribution in [2.75, 3.05) is 25.1 Å². The summed E-state index contributed by atoms with van der Waals surface area (Å²) in [4.78, 5) is 0. The third kappa shape index (κ3) is 6.74. The van der Waals surface area contributed by atoms with Gasteiger partial charge in [-0.3, -0.25) is 0 Å². The summed E-state index contributed by atoms with van der Waals surface area (Å²) in [5.74, 6) is 1.16. The lowest BCUT2D eigenvalue weighted by atomic mass is 10.3. The molecule has 10 heavy (non-hydrogen) atoms. The van der Waals surface area contributed by atoms with Crippen LogP contribution in [0.3, 0.4) is 0 Å². The fourth-order valence-electron chi connectivity index (χ4n) is 0.514. The van der Waals surface area contributed by atoms with Crippen molar-refractivity contribution in [3.05, 3.63) is 0 Å². The predicted molar refractivity (Wildman–Crippen MR) is 52.5 cm³/mol. The van der Waals surface area contributed by atoms with Crippen molar-refractivity contribution >= 4 is 21.6 Å². The van der Waals surface area contributed by atoms with Crippen molar-refractivity contribution in [3.63, 3.8) is 0 Å². The summed E-state index contributed by atoms with van der Waals surface area (Å²) in [6.07, 6.45) is 2.09. The van der Waals surface area contributed by atoms with Crippen LogP contribution in [0.2, 0.25) is 0 Å². The molecule has 62 valence electrons. The zero-order chi connectivity index (χ0) is 7.82. The van der Waals surface area contributed by atoms with Crippen molar-refractivity contribution in [2.24, 2.45) is 5.73 Å². The standard InChI is InChI=1S/C6H16N2S2/c1-6(5-7)8-3-4-10-9-2/h6,8H,3-5,7H2,1-2H3. The molecule has 0 radical (unpaired) electrons. The Labute approximate surface area is 71.1 Å². The van der Waals surface area contributed by atoms with E-state index in [0.717, 1.165) is 18.8 Å². The molecule has 1 unspecified atom stereocenters. The first-order chi connectivity index (χ1) is 4.81. The van der Waals surface area contributed by atoms with Gasteiger partial charge in [-0.2, -0.15) is 0 Å². The Balaban J connectivity index is 2.89. The highest BCUT2D eigenvalue weighted by atomic mass is 33.1. The quantitative estimate of drug-likeness (QED) is 0.471. The minimum atomic E-state index is 0.461. The zero-order valence-corrected chi connectivity index (χ0v) is 8.23. The molecule has 0 aromatic rings. The second-order valence-electron chi connectivity index (χ2n) is 2.08. The Kier molecular flexibility index (Phi) is 8.20. The van der Waals surface area contributed by atoms with Crippen molar-refractivity contribution in [2.45, 2.75) is 13.0 Å². The van der Waals surface area contributed by atoms with E-state index in [-0.39, 0.29) is 0 Å². The Morgan fingerprint density at radius 2 is 2.30 bits per heavy atom. The van der Waals surface area contributed by atoms with Crippen molar-refractivity contribution < 1.29 is 0 Å². The molecule has 0 saturated heterocycles. The number of rotatable bonds is 6. The van der Waals surface area contributed by atoms with Crippen LogP contribution in [0.1, 0.15) is 6.92 Å². The molecule has 0 bridgehead atoms. The SMILES string of the molecule is CSSCCNC(C)CN. The summed E-state index contributed by atoms with van der Waals surface area (Å²) in [5.41, 5.74) is 5.41. The van der Waals surface area contributed by atoms with Gasteiger partial charge in [0.25, 0.3) is 0 Å². The van der Waals surface area contributed by atoms with Gasteiger partial charge in [0, 0.05) is 24.9 Å². The van der Waals surface area contributed by atoms with Gasteiger partial charge in [0.15, 0.2) is 0 Å². The smallest absolute Gasteiger partial charge is 0.0162 e. The van der Waals surface area contributed by atoms with Gasteiger partial charge in [-0.25, -0.2) is 0 Å². The van der Waals surface area contributed by atoms with E-state index in [2.05, 4.69) is 18.5 Å². The van der Waals surface area contributed by atoms with Gasteiger partial charge >= 0.3 is 0 Å². The Hall–Kier alpha value is 0.620. The summed E-state index contributed by atoms with van der Waals surface area (Å²) in [7, 11) is 3.68. The topological polar surface area (TPSA) is 38.0 Å². The molecule has 0 spiro atoms. The molecule has 4 heteroatoms. The number of hydrogen-bond donors (Lipinski definition) is 2. The van der Waals surface area contributed by atoms with Gasteiger partial charge < -0.3 is 11.1 Å². The molecule has 0 rings (SSSR count). The number of hydrogen-bond acceptors (Lipinski definition) is 4. The van der Waals surface area contributed by atoms with Crippen LogP contribution in [-0.2, 0) is 0 Å². The molecular weight excluding hydrogens is 164 g/mol. The van der Waals surface area contributed by atoms with Crippen LogP contribution >= 0.6 is 21.6 Å². The maximum Gasteiger partial charge on any atom is 0.0162 e. The molecule has 0 aromatic carbocycles. The molecular formula is C6H16N2S2. The lowest BCUT2D eigenvalue weighted by molar-refractivity contribution is 0.580. The number of nitrogens with two attached hydrogens (primary N) is 1. The third-order valence-corrected chi connectivity index (χ3v) is 2.96. The normalized spacial score (nSPS) is 13.5. The van der Waals surface area contributed by atoms with Gasteiger partial charge in [-0.15, -0.1) is 0 Å². The fraction of sp³-hybridized carbons (Fsp3) is 1.00. The van der Waals surface area contributed by atoms with Crippen LogP contribution in [-0.4, -0.2) is 31.1 Å². The van der Waals surface area contributed by atoms with Crippen LogP contribution in [0.5, 0.6) is 0 Å². The highest BCUT2D eigenvalue weighted by molar-refractivity contribution is 8.76. The highest BCUT2D eigenvalue weighted by Gasteiger charge is 1.94. The molecule has 2 nitrogen and oxygen atoms in total. The summed E-state index contributed by atoms with van der Waals surface area (Å²) >= 11 is 0. The van der Waals surface area contributed by atoms with Crippen molar-refractivity contribution in [1.82, 2.24) is 5.32 Å². The molecule has 0 aliphatic heterocycles. The van der Waals surface area contributed by atoms with Crippen molar-refractivity contribution in [3.8, 4) is 0 Å². The second kappa shape index (κ2) is 7.72. The van der Waals surface area contributed by atoms with E-state index >= 15 is 0 Å². The largest absolute Gasteiger partial charge is 0.329 e. The molecule has 3 N–H and O–H groups in total. The predicted octanol–water partition coefficient (Wildman–Crippen LogP) is 0.934. The van der Waals surface area contributed by atoms with Crippen LogP contribution in [0.15, 0.2) is 0 Å². The highest BCUT2D eigenvalue weighted by Crippen LogP contribution is 2.14. The maximum atomic E-state index is 5.41. The van der Waals surface area contributed by atoms with Gasteiger partial charge in [0.1, 0.15) is 0 Å². The number of nitrogens with one attached hydrogen (secondary N) is 1. The van der Waals surface area contributed by atoms with Gasteiger partial charge in [0.2, 0.25) is 0 Å². The summed E-state index contributed by atoms with van der Waals surface area (Å²) in [6.45, 7) is 3.89. The fourth-order valence-corrected chi connectivity index (χ4v) is 1.63. The minimum absolute atomic E-state index is 0.461. The van der Waals surface area contributed by atoms with E-state index in [9.17, 15) is 0 Å². The van der Waals surface area contributed by atoms with Gasteiger partial charge in [0.05, 0.1) is 0 Å². The Morgan fingerprint density at radius 3 is 2.80 bits per heavy atom. The summed E-state index contributed by atoms with van der Waals surface area (Å²) in [5, 5.41) is 3.31. The van der Waals surface area contributed by atoms with Gasteiger partial charge in [-0.05, 0) is 13.2 Å². The van der Waals surface area contributed by atoms with E-state index in [4.69, 9.17) is 5.73 Å². The monoisotopic (exact) mass is 180 g/mol. The van der Waals surface area contributed by atoms with Crippen LogP contribution in [0.4, 0.5) is 0 Å². The molecule has 0 aliphatic rings. The summed E-state index contributed by atoms with van der Waals surface area (Å²) in [6, 6.07) is 0.461. The van der Waals surface area contributed by atoms with E-state index in [1.165, 1.54) is 0 Å². The summed E-state index contributed by atoms with van der Waals surface area (Å²) < 4.78 is 0. The van der Waals surface area contributed by atoms with Gasteiger partial charge in [-0.1, -0.05) is 21.6 Å². The molecule has 0 saturated carbocycles. The van der Waals surface area contributed by atoms with Crippen LogP contribution < -0.4 is 11.1 Å². The van der Waals surface area contributed by atoms with Crippen LogP contribution in [0.25, 0.3) is 0 Å². The first-order valence-corrected chi connectivity index (χ1v) is 6.13. The third-order valence-electron chi connectivity index (χ3n) is 1.15. The Bertz CT molecular complexity index is 70.8. The molecule has 0 aliphatic carbocycles. The minimum Gasteiger partial charge on any atom is -0.329 e. The van der Waals surface area contributed by atoms with Crippen LogP contribution in [0, 0.1) is 0 Å². The van der Waals surface area contributed by atoms with E-state index in [0.29, 0.717) is 6.04 Å². The van der Waals surface area contributed by atoms with E-state index < -0.39 is 0 Å². The second-order valence-corrected chi connectivity index (χ2v) is 4.76. The molecule has 0 heterocycles. The maximum absolute atomic E-state index is 5.41. The molecule has 0 fully saturated rings.